The largest absolute Gasteiger partial charge is 2.00 e. The summed E-state index contributed by atoms with van der Waals surface area (Å²) in [7, 11) is -6.74. The Morgan fingerprint density at radius 1 is 0.800 bits per heavy atom. The zero-order chi connectivity index (χ0) is 7.15. The van der Waals surface area contributed by atoms with E-state index in [2.05, 4.69) is 0 Å². The summed E-state index contributed by atoms with van der Waals surface area (Å²) in [6, 6.07) is 0. The van der Waals surface area contributed by atoms with E-state index >= 15 is 0 Å². The molecular weight excluding hydrogens is 222 g/mol. The summed E-state index contributed by atoms with van der Waals surface area (Å²) < 4.78 is 17.0. The Morgan fingerprint density at radius 2 is 0.800 bits per heavy atom. The summed E-state index contributed by atoms with van der Waals surface area (Å²) in [6.45, 7) is 0. The van der Waals surface area contributed by atoms with E-state index in [1.54, 1.807) is 0 Å². The molecule has 0 aromatic rings. The van der Waals surface area contributed by atoms with Gasteiger partial charge in [0.15, 0.2) is 0 Å². The van der Waals surface area contributed by atoms with Gasteiger partial charge in [-0.25, -0.2) is 0 Å². The van der Waals surface area contributed by atoms with Crippen LogP contribution in [0.2, 0.25) is 0 Å². The van der Waals surface area contributed by atoms with E-state index in [1.165, 1.54) is 0 Å². The molecule has 0 saturated carbocycles. The summed E-state index contributed by atoms with van der Waals surface area (Å²) in [5.74, 6) is 0. The van der Waals surface area contributed by atoms with Gasteiger partial charge in [-0.05, 0) is 0 Å². The smallest absolute Gasteiger partial charge is 0.598 e. The molecule has 0 aromatic carbocycles. The maximum absolute atomic E-state index is 8.48. The fraction of sp³-hybridized carbons (Fsp3) is 0. The third-order valence-corrected chi connectivity index (χ3v) is 0. The van der Waals surface area contributed by atoms with Crippen LogP contribution in [0.15, 0.2) is 0 Å². The molecule has 0 rings (SSSR count). The predicted molar refractivity (Wildman–Crippen MR) is 26.7 cm³/mol. The summed E-state index contributed by atoms with van der Waals surface area (Å²) in [5, 5.41) is 0. The average molecular weight is 222 g/mol. The molecule has 0 heterocycles. The molecule has 0 unspecified atom stereocenters. The van der Waals surface area contributed by atoms with E-state index in [-0.39, 0.29) is 60.8 Å². The van der Waals surface area contributed by atoms with Crippen LogP contribution in [-0.4, -0.2) is 60.8 Å². The first-order valence-electron chi connectivity index (χ1n) is 1.10. The molecule has 0 aliphatic heterocycles. The van der Waals surface area contributed by atoms with Crippen LogP contribution in [0.4, 0.5) is 0 Å². The van der Waals surface area contributed by atoms with Gasteiger partial charge >= 0.3 is 60.8 Å². The summed E-state index contributed by atoms with van der Waals surface area (Å²) in [6.07, 6.45) is 0. The third-order valence-electron chi connectivity index (χ3n) is 0. The molecule has 0 radical (unpaired) electrons. The van der Waals surface area contributed by atoms with Crippen LogP contribution in [-0.2, 0) is 9.13 Å². The predicted octanol–water partition coefficient (Wildman–Crippen LogP) is -4.03. The molecule has 10 heteroatoms. The normalized spacial score (nSPS) is 5.20. The van der Waals surface area contributed by atoms with Crippen LogP contribution in [0.5, 0.6) is 0 Å². The minimum absolute atomic E-state index is 0. The Balaban J connectivity index is -0.0000000300. The Bertz CT molecular complexity index is 73.7. The molecule has 0 amide bonds. The maximum atomic E-state index is 8.48. The van der Waals surface area contributed by atoms with Crippen molar-refractivity contribution >= 4 is 77.3 Å². The summed E-state index contributed by atoms with van der Waals surface area (Å²) in [4.78, 5) is 33.9. The molecule has 0 N–H and O–H groups in total. The Kier molecular flexibility index (Phi) is 39.1. The molecule has 0 spiro atoms. The molecule has 0 atom stereocenters. The first kappa shape index (κ1) is 22.7. The fourth-order valence-electron chi connectivity index (χ4n) is 0. The minimum atomic E-state index is -3.37. The van der Waals surface area contributed by atoms with Crippen LogP contribution < -0.4 is 19.6 Å². The standard InChI is InChI=1S/Ca.Mg.2HO3P/c;;2*1-4(2)3/h;;2*(H,1,2,3)/q2*+2;;/p-2. The van der Waals surface area contributed by atoms with Gasteiger partial charge in [0.1, 0.15) is 0 Å². The molecule has 0 aliphatic rings. The molecule has 0 aliphatic carbocycles. The molecule has 0 bridgehead atoms. The van der Waals surface area contributed by atoms with Gasteiger partial charge in [-0.15, -0.1) is 0 Å². The second-order valence-electron chi connectivity index (χ2n) is 0.447. The minimum Gasteiger partial charge on any atom is -0.598 e. The van der Waals surface area contributed by atoms with Crippen LogP contribution in [0.3, 0.4) is 0 Å². The second kappa shape index (κ2) is 17.2. The van der Waals surface area contributed by atoms with Crippen LogP contribution >= 0.6 is 16.5 Å². The van der Waals surface area contributed by atoms with Crippen LogP contribution in [0.25, 0.3) is 0 Å². The van der Waals surface area contributed by atoms with Crippen LogP contribution in [0, 0.1) is 0 Å². The average Bonchev–Trinajstić information content (AvgIpc) is 1.25. The van der Waals surface area contributed by atoms with Gasteiger partial charge in [0.25, 0.3) is 16.5 Å². The van der Waals surface area contributed by atoms with Gasteiger partial charge in [-0.2, -0.15) is 0 Å². The fourth-order valence-corrected chi connectivity index (χ4v) is 0. The van der Waals surface area contributed by atoms with E-state index in [1.807, 2.05) is 0 Å². The van der Waals surface area contributed by atoms with Crippen molar-refractivity contribution in [3.8, 4) is 0 Å². The summed E-state index contributed by atoms with van der Waals surface area (Å²) in [5.41, 5.74) is 0. The summed E-state index contributed by atoms with van der Waals surface area (Å²) >= 11 is 0. The van der Waals surface area contributed by atoms with Gasteiger partial charge in [-0.1, -0.05) is 9.13 Å². The topological polar surface area (TPSA) is 126 Å². The Hall–Kier alpha value is 2.07. The van der Waals surface area contributed by atoms with E-state index in [9.17, 15) is 0 Å². The maximum Gasteiger partial charge on any atom is 2.00 e. The van der Waals surface area contributed by atoms with Gasteiger partial charge in [0.05, 0.1) is 0 Å². The second-order valence-corrected chi connectivity index (χ2v) is 1.34. The first-order valence-corrected chi connectivity index (χ1v) is 3.29. The van der Waals surface area contributed by atoms with Crippen molar-refractivity contribution in [3.63, 3.8) is 0 Å². The number of hydrogen-bond acceptors (Lipinski definition) is 6. The van der Waals surface area contributed by atoms with Gasteiger partial charge in [-0.3, -0.25) is 0 Å². The zero-order valence-corrected chi connectivity index (χ0v) is 10.2. The van der Waals surface area contributed by atoms with Gasteiger partial charge < -0.3 is 19.6 Å². The molecule has 0 fully saturated rings. The third kappa shape index (κ3) is 194. The molecule has 0 aromatic heterocycles. The number of rotatable bonds is 0. The van der Waals surface area contributed by atoms with Crippen molar-refractivity contribution in [2.45, 2.75) is 0 Å². The number of hydrogen-bond donors (Lipinski definition) is 0. The first-order chi connectivity index (χ1) is 3.46. The monoisotopic (exact) mass is 222 g/mol. The van der Waals surface area contributed by atoms with E-state index in [4.69, 9.17) is 28.7 Å². The van der Waals surface area contributed by atoms with E-state index < -0.39 is 16.5 Å². The van der Waals surface area contributed by atoms with Crippen molar-refractivity contribution in [2.75, 3.05) is 0 Å². The van der Waals surface area contributed by atoms with Crippen molar-refractivity contribution < 1.29 is 28.7 Å². The molecule has 48 valence electrons. The molecule has 10 heavy (non-hydrogen) atoms. The van der Waals surface area contributed by atoms with E-state index in [0.29, 0.717) is 0 Å². The van der Waals surface area contributed by atoms with Crippen molar-refractivity contribution in [2.24, 2.45) is 0 Å². The molecule has 0 saturated heterocycles. The van der Waals surface area contributed by atoms with Crippen molar-refractivity contribution in [1.82, 2.24) is 0 Å². The molecular formula is CaMgO6P2+2. The van der Waals surface area contributed by atoms with Gasteiger partial charge in [0, 0.05) is 0 Å². The van der Waals surface area contributed by atoms with Crippen molar-refractivity contribution in [1.29, 1.82) is 0 Å². The Morgan fingerprint density at radius 3 is 0.800 bits per heavy atom. The van der Waals surface area contributed by atoms with E-state index in [0.717, 1.165) is 0 Å². The zero-order valence-electron chi connectivity index (χ0n) is 4.76. The molecule has 6 nitrogen and oxygen atoms in total. The quantitative estimate of drug-likeness (QED) is 0.303. The van der Waals surface area contributed by atoms with Crippen molar-refractivity contribution in [3.05, 3.63) is 0 Å². The van der Waals surface area contributed by atoms with Crippen LogP contribution in [0.1, 0.15) is 0 Å². The van der Waals surface area contributed by atoms with Gasteiger partial charge in [0.2, 0.25) is 0 Å². The Labute approximate surface area is 105 Å². The SMILES string of the molecule is O=[P+]([O-])[O-].O=[P+]([O-])[O-].[Ca+2].[Mg+2].